The fraction of sp³-hybridized carbons (Fsp3) is 0.444. The molecule has 1 fully saturated rings. The van der Waals surface area contributed by atoms with Gasteiger partial charge in [0.25, 0.3) is 5.82 Å². The second-order valence-electron chi connectivity index (χ2n) is 6.86. The third kappa shape index (κ3) is 3.85. The highest BCUT2D eigenvalue weighted by Crippen LogP contribution is 2.28. The van der Waals surface area contributed by atoms with Gasteiger partial charge in [-0.15, -0.1) is 15.3 Å². The van der Waals surface area contributed by atoms with Crippen molar-refractivity contribution in [3.05, 3.63) is 42.0 Å². The molecule has 1 aliphatic rings. The topological polar surface area (TPSA) is 68.4 Å². The van der Waals surface area contributed by atoms with Crippen LogP contribution in [0.5, 0.6) is 5.75 Å². The molecule has 10 heteroatoms. The van der Waals surface area contributed by atoms with Gasteiger partial charge in [-0.2, -0.15) is 17.7 Å². The van der Waals surface area contributed by atoms with Gasteiger partial charge in [-0.25, -0.2) is 0 Å². The SMILES string of the molecule is Cc1cc(OCC2CCN(c3ccc4nnc(C(F)(F)F)n4n3)CC2)ccn1. The lowest BCUT2D eigenvalue weighted by Gasteiger charge is -2.32. The molecule has 0 aromatic carbocycles. The Balaban J connectivity index is 1.39. The fourth-order valence-electron chi connectivity index (χ4n) is 3.28. The van der Waals surface area contributed by atoms with E-state index in [9.17, 15) is 13.2 Å². The molecule has 0 atom stereocenters. The average Bonchev–Trinajstić information content (AvgIpc) is 3.10. The number of anilines is 1. The van der Waals surface area contributed by atoms with Crippen molar-refractivity contribution in [3.63, 3.8) is 0 Å². The fourth-order valence-corrected chi connectivity index (χ4v) is 3.28. The Kier molecular flexibility index (Phi) is 4.78. The van der Waals surface area contributed by atoms with Crippen molar-refractivity contribution in [3.8, 4) is 5.75 Å². The number of aryl methyl sites for hydroxylation is 1. The van der Waals surface area contributed by atoms with E-state index in [0.717, 1.165) is 28.8 Å². The van der Waals surface area contributed by atoms with E-state index in [1.165, 1.54) is 6.07 Å². The smallest absolute Gasteiger partial charge is 0.453 e. The van der Waals surface area contributed by atoms with Crippen LogP contribution in [0.2, 0.25) is 0 Å². The third-order valence-corrected chi connectivity index (χ3v) is 4.79. The summed E-state index contributed by atoms with van der Waals surface area (Å²) >= 11 is 0. The number of pyridine rings is 1. The summed E-state index contributed by atoms with van der Waals surface area (Å²) in [4.78, 5) is 6.12. The summed E-state index contributed by atoms with van der Waals surface area (Å²) in [5.74, 6) is 0.561. The molecule has 0 aliphatic carbocycles. The van der Waals surface area contributed by atoms with Gasteiger partial charge in [-0.1, -0.05) is 0 Å². The van der Waals surface area contributed by atoms with Crippen LogP contribution in [0.3, 0.4) is 0 Å². The molecular formula is C18H19F3N6O. The van der Waals surface area contributed by atoms with Crippen LogP contribution in [-0.2, 0) is 6.18 Å². The van der Waals surface area contributed by atoms with Crippen LogP contribution >= 0.6 is 0 Å². The average molecular weight is 392 g/mol. The van der Waals surface area contributed by atoms with E-state index in [1.54, 1.807) is 12.3 Å². The number of fused-ring (bicyclic) bond motifs is 1. The second kappa shape index (κ2) is 7.25. The number of halogens is 3. The maximum Gasteiger partial charge on any atom is 0.453 e. The molecule has 0 amide bonds. The molecule has 3 aromatic rings. The Hall–Kier alpha value is -2.91. The lowest BCUT2D eigenvalue weighted by Crippen LogP contribution is -2.36. The Morgan fingerprint density at radius 2 is 1.93 bits per heavy atom. The molecule has 1 aliphatic heterocycles. The zero-order valence-electron chi connectivity index (χ0n) is 15.2. The van der Waals surface area contributed by atoms with Crippen LogP contribution < -0.4 is 9.64 Å². The Bertz CT molecular complexity index is 965. The first-order valence-corrected chi connectivity index (χ1v) is 9.00. The molecule has 0 radical (unpaired) electrons. The van der Waals surface area contributed by atoms with Crippen LogP contribution in [0.25, 0.3) is 5.65 Å². The predicted octanol–water partition coefficient (Wildman–Crippen LogP) is 3.14. The van der Waals surface area contributed by atoms with Gasteiger partial charge in [0.05, 0.1) is 6.61 Å². The normalized spacial score (nSPS) is 15.9. The number of nitrogens with zero attached hydrogens (tertiary/aromatic N) is 6. The monoisotopic (exact) mass is 392 g/mol. The van der Waals surface area contributed by atoms with Gasteiger partial charge >= 0.3 is 6.18 Å². The standard InChI is InChI=1S/C18H19F3N6O/c1-12-10-14(4-7-22-12)28-11-13-5-8-26(9-6-13)16-3-2-15-23-24-17(18(19,20)21)27(15)25-16/h2-4,7,10,13H,5-6,8-9,11H2,1H3. The number of hydrogen-bond donors (Lipinski definition) is 0. The molecule has 4 rings (SSSR count). The van der Waals surface area contributed by atoms with E-state index in [4.69, 9.17) is 4.74 Å². The molecule has 148 valence electrons. The van der Waals surface area contributed by atoms with Crippen molar-refractivity contribution in [1.82, 2.24) is 24.8 Å². The molecule has 0 spiro atoms. The number of rotatable bonds is 4. The first kappa shape index (κ1) is 18.5. The number of hydrogen-bond acceptors (Lipinski definition) is 6. The third-order valence-electron chi connectivity index (χ3n) is 4.79. The Morgan fingerprint density at radius 3 is 2.64 bits per heavy atom. The molecule has 7 nitrogen and oxygen atoms in total. The summed E-state index contributed by atoms with van der Waals surface area (Å²) in [6.07, 6.45) is -1.13. The van der Waals surface area contributed by atoms with Crippen molar-refractivity contribution < 1.29 is 17.9 Å². The van der Waals surface area contributed by atoms with Crippen LogP contribution in [0.1, 0.15) is 24.4 Å². The van der Waals surface area contributed by atoms with Crippen LogP contribution in [0, 0.1) is 12.8 Å². The maximum absolute atomic E-state index is 13.0. The van der Waals surface area contributed by atoms with E-state index in [0.29, 0.717) is 31.4 Å². The van der Waals surface area contributed by atoms with Crippen molar-refractivity contribution in [1.29, 1.82) is 0 Å². The van der Waals surface area contributed by atoms with Gasteiger partial charge in [0.1, 0.15) is 11.6 Å². The minimum atomic E-state index is -4.60. The summed E-state index contributed by atoms with van der Waals surface area (Å²) < 4.78 is 45.7. The summed E-state index contributed by atoms with van der Waals surface area (Å²) in [5, 5.41) is 10.9. The number of alkyl halides is 3. The molecule has 0 unspecified atom stereocenters. The van der Waals surface area contributed by atoms with Gasteiger partial charge < -0.3 is 9.64 Å². The van der Waals surface area contributed by atoms with E-state index in [2.05, 4.69) is 20.3 Å². The van der Waals surface area contributed by atoms with Gasteiger partial charge in [0.2, 0.25) is 0 Å². The minimum Gasteiger partial charge on any atom is -0.493 e. The van der Waals surface area contributed by atoms with Crippen molar-refractivity contribution >= 4 is 11.5 Å². The zero-order chi connectivity index (χ0) is 19.7. The van der Waals surface area contributed by atoms with E-state index < -0.39 is 12.0 Å². The van der Waals surface area contributed by atoms with Crippen molar-refractivity contribution in [2.75, 3.05) is 24.6 Å². The summed E-state index contributed by atoms with van der Waals surface area (Å²) in [6.45, 7) is 3.92. The van der Waals surface area contributed by atoms with Crippen LogP contribution in [0.15, 0.2) is 30.5 Å². The highest BCUT2D eigenvalue weighted by atomic mass is 19.4. The molecule has 0 bridgehead atoms. The highest BCUT2D eigenvalue weighted by Gasteiger charge is 2.37. The van der Waals surface area contributed by atoms with Gasteiger partial charge in [-0.05, 0) is 43.9 Å². The van der Waals surface area contributed by atoms with Gasteiger partial charge in [0, 0.05) is 31.0 Å². The van der Waals surface area contributed by atoms with Crippen LogP contribution in [-0.4, -0.2) is 44.5 Å². The summed E-state index contributed by atoms with van der Waals surface area (Å²) in [6, 6.07) is 6.91. The molecule has 3 aromatic heterocycles. The second-order valence-corrected chi connectivity index (χ2v) is 6.86. The number of piperidine rings is 1. The molecule has 28 heavy (non-hydrogen) atoms. The van der Waals surface area contributed by atoms with Gasteiger partial charge in [-0.3, -0.25) is 4.98 Å². The zero-order valence-corrected chi connectivity index (χ0v) is 15.2. The summed E-state index contributed by atoms with van der Waals surface area (Å²) in [7, 11) is 0. The maximum atomic E-state index is 13.0. The van der Waals surface area contributed by atoms with E-state index in [1.807, 2.05) is 24.0 Å². The Labute approximate surface area is 159 Å². The Morgan fingerprint density at radius 1 is 1.14 bits per heavy atom. The lowest BCUT2D eigenvalue weighted by atomic mass is 9.98. The van der Waals surface area contributed by atoms with E-state index >= 15 is 0 Å². The minimum absolute atomic E-state index is 0.0759. The van der Waals surface area contributed by atoms with E-state index in [-0.39, 0.29) is 5.65 Å². The number of aromatic nitrogens is 5. The first-order chi connectivity index (χ1) is 13.4. The molecular weight excluding hydrogens is 373 g/mol. The number of ether oxygens (including phenoxy) is 1. The predicted molar refractivity (Wildman–Crippen MR) is 95.2 cm³/mol. The first-order valence-electron chi connectivity index (χ1n) is 9.00. The molecule has 4 heterocycles. The highest BCUT2D eigenvalue weighted by molar-refractivity contribution is 5.46. The largest absolute Gasteiger partial charge is 0.493 e. The van der Waals surface area contributed by atoms with Crippen LogP contribution in [0.4, 0.5) is 19.0 Å². The molecule has 0 N–H and O–H groups in total. The van der Waals surface area contributed by atoms with Crippen molar-refractivity contribution in [2.24, 2.45) is 5.92 Å². The van der Waals surface area contributed by atoms with Gasteiger partial charge in [0.15, 0.2) is 5.65 Å². The van der Waals surface area contributed by atoms with Crippen molar-refractivity contribution in [2.45, 2.75) is 25.9 Å². The quantitative estimate of drug-likeness (QED) is 0.680. The summed E-state index contributed by atoms with van der Waals surface area (Å²) in [5.41, 5.74) is 0.980. The molecule has 0 saturated carbocycles. The molecule has 1 saturated heterocycles. The lowest BCUT2D eigenvalue weighted by molar-refractivity contribution is -0.146.